The van der Waals surface area contributed by atoms with Gasteiger partial charge in [0, 0.05) is 22.3 Å². The maximum atomic E-state index is 5.71. The van der Waals surface area contributed by atoms with Crippen molar-refractivity contribution in [2.75, 3.05) is 11.9 Å². The predicted octanol–water partition coefficient (Wildman–Crippen LogP) is 3.69. The van der Waals surface area contributed by atoms with Crippen LogP contribution in [-0.2, 0) is 0 Å². The van der Waals surface area contributed by atoms with Crippen LogP contribution in [0.15, 0.2) is 22.7 Å². The highest BCUT2D eigenvalue weighted by Gasteiger charge is 2.16. The summed E-state index contributed by atoms with van der Waals surface area (Å²) in [6, 6.07) is 5.96. The number of benzene rings is 1. The monoisotopic (exact) mass is 312 g/mol. The Morgan fingerprint density at radius 3 is 2.82 bits per heavy atom. The van der Waals surface area contributed by atoms with Crippen molar-refractivity contribution in [3.05, 3.63) is 28.2 Å². The van der Waals surface area contributed by atoms with Gasteiger partial charge in [0.1, 0.15) is 4.99 Å². The standard InChI is InChI=1S/C13H17BrN2S/c14-10-4-5-11(13(15)17)12(8-10)16-7-6-9-2-1-3-9/h4-5,8-9,16H,1-3,6-7H2,(H2,15,17). The molecular formula is C13H17BrN2S. The molecular weight excluding hydrogens is 296 g/mol. The summed E-state index contributed by atoms with van der Waals surface area (Å²) in [7, 11) is 0. The maximum Gasteiger partial charge on any atom is 0.106 e. The zero-order valence-electron chi connectivity index (χ0n) is 9.71. The van der Waals surface area contributed by atoms with Crippen molar-refractivity contribution in [1.82, 2.24) is 0 Å². The zero-order valence-corrected chi connectivity index (χ0v) is 12.1. The number of halogens is 1. The Hall–Kier alpha value is -0.610. The van der Waals surface area contributed by atoms with E-state index in [1.807, 2.05) is 18.2 Å². The summed E-state index contributed by atoms with van der Waals surface area (Å²) in [5, 5.41) is 3.44. The highest BCUT2D eigenvalue weighted by molar-refractivity contribution is 9.10. The van der Waals surface area contributed by atoms with Crippen molar-refractivity contribution in [2.24, 2.45) is 11.7 Å². The van der Waals surface area contributed by atoms with Crippen LogP contribution in [0.3, 0.4) is 0 Å². The number of nitrogens with two attached hydrogens (primary N) is 1. The van der Waals surface area contributed by atoms with Gasteiger partial charge in [-0.1, -0.05) is 47.4 Å². The molecule has 1 saturated carbocycles. The number of anilines is 1. The molecule has 1 aliphatic carbocycles. The predicted molar refractivity (Wildman–Crippen MR) is 80.5 cm³/mol. The van der Waals surface area contributed by atoms with Gasteiger partial charge in [0.25, 0.3) is 0 Å². The van der Waals surface area contributed by atoms with Crippen LogP contribution in [0, 0.1) is 5.92 Å². The molecule has 0 aliphatic heterocycles. The molecule has 0 unspecified atom stereocenters. The van der Waals surface area contributed by atoms with Crippen molar-refractivity contribution in [1.29, 1.82) is 0 Å². The van der Waals surface area contributed by atoms with Gasteiger partial charge in [-0.3, -0.25) is 0 Å². The summed E-state index contributed by atoms with van der Waals surface area (Å²) in [5.41, 5.74) is 7.67. The topological polar surface area (TPSA) is 38.0 Å². The second-order valence-corrected chi connectivity index (χ2v) is 5.92. The number of hydrogen-bond donors (Lipinski definition) is 2. The highest BCUT2D eigenvalue weighted by atomic mass is 79.9. The Balaban J connectivity index is 1.97. The van der Waals surface area contributed by atoms with E-state index in [2.05, 4.69) is 21.2 Å². The third-order valence-corrected chi connectivity index (χ3v) is 4.05. The van der Waals surface area contributed by atoms with Crippen molar-refractivity contribution >= 4 is 38.8 Å². The van der Waals surface area contributed by atoms with E-state index in [1.165, 1.54) is 25.7 Å². The van der Waals surface area contributed by atoms with Crippen LogP contribution in [0.2, 0.25) is 0 Å². The Labute approximate surface area is 116 Å². The lowest BCUT2D eigenvalue weighted by Crippen LogP contribution is -2.18. The lowest BCUT2D eigenvalue weighted by Gasteiger charge is -2.25. The lowest BCUT2D eigenvalue weighted by atomic mass is 9.83. The number of hydrogen-bond acceptors (Lipinski definition) is 2. The quantitative estimate of drug-likeness (QED) is 0.814. The zero-order chi connectivity index (χ0) is 12.3. The molecule has 0 spiro atoms. The Kier molecular flexibility index (Phi) is 4.40. The molecule has 1 aliphatic rings. The smallest absolute Gasteiger partial charge is 0.106 e. The SMILES string of the molecule is NC(=S)c1ccc(Br)cc1NCCC1CCC1. The van der Waals surface area contributed by atoms with Crippen molar-refractivity contribution in [2.45, 2.75) is 25.7 Å². The fourth-order valence-electron chi connectivity index (χ4n) is 2.07. The molecule has 0 saturated heterocycles. The Bertz CT molecular complexity index is 416. The average molecular weight is 313 g/mol. The summed E-state index contributed by atoms with van der Waals surface area (Å²) < 4.78 is 1.05. The van der Waals surface area contributed by atoms with E-state index in [4.69, 9.17) is 18.0 Å². The molecule has 0 bridgehead atoms. The second kappa shape index (κ2) is 5.83. The largest absolute Gasteiger partial charge is 0.389 e. The summed E-state index contributed by atoms with van der Waals surface area (Å²) >= 11 is 8.52. The van der Waals surface area contributed by atoms with E-state index in [0.29, 0.717) is 4.99 Å². The van der Waals surface area contributed by atoms with Gasteiger partial charge in [0.15, 0.2) is 0 Å². The fraction of sp³-hybridized carbons (Fsp3) is 0.462. The first kappa shape index (κ1) is 12.8. The van der Waals surface area contributed by atoms with Gasteiger partial charge in [-0.25, -0.2) is 0 Å². The van der Waals surface area contributed by atoms with Gasteiger partial charge in [-0.2, -0.15) is 0 Å². The molecule has 0 radical (unpaired) electrons. The van der Waals surface area contributed by atoms with Crippen LogP contribution in [-0.4, -0.2) is 11.5 Å². The first-order chi connectivity index (χ1) is 8.16. The van der Waals surface area contributed by atoms with Crippen LogP contribution in [0.4, 0.5) is 5.69 Å². The van der Waals surface area contributed by atoms with E-state index < -0.39 is 0 Å². The van der Waals surface area contributed by atoms with Crippen molar-refractivity contribution in [3.8, 4) is 0 Å². The molecule has 0 heterocycles. The highest BCUT2D eigenvalue weighted by Crippen LogP contribution is 2.29. The molecule has 0 atom stereocenters. The molecule has 4 heteroatoms. The summed E-state index contributed by atoms with van der Waals surface area (Å²) in [6.07, 6.45) is 5.42. The van der Waals surface area contributed by atoms with Crippen LogP contribution >= 0.6 is 28.1 Å². The maximum absolute atomic E-state index is 5.71. The minimum absolute atomic E-state index is 0.448. The molecule has 17 heavy (non-hydrogen) atoms. The van der Waals surface area contributed by atoms with Crippen LogP contribution in [0.25, 0.3) is 0 Å². The van der Waals surface area contributed by atoms with Gasteiger partial charge in [0.2, 0.25) is 0 Å². The molecule has 2 nitrogen and oxygen atoms in total. The molecule has 0 aromatic heterocycles. The van der Waals surface area contributed by atoms with Crippen LogP contribution in [0.1, 0.15) is 31.2 Å². The third-order valence-electron chi connectivity index (χ3n) is 3.34. The third kappa shape index (κ3) is 3.42. The molecule has 1 aromatic rings. The Morgan fingerprint density at radius 1 is 1.47 bits per heavy atom. The van der Waals surface area contributed by atoms with E-state index >= 15 is 0 Å². The summed E-state index contributed by atoms with van der Waals surface area (Å²) in [6.45, 7) is 0.997. The number of nitrogens with one attached hydrogen (secondary N) is 1. The van der Waals surface area contributed by atoms with Gasteiger partial charge < -0.3 is 11.1 Å². The van der Waals surface area contributed by atoms with E-state index in [-0.39, 0.29) is 0 Å². The molecule has 2 rings (SSSR count). The second-order valence-electron chi connectivity index (χ2n) is 4.57. The number of thiocarbonyl (C=S) groups is 1. The Morgan fingerprint density at radius 2 is 2.24 bits per heavy atom. The van der Waals surface area contributed by atoms with Crippen LogP contribution < -0.4 is 11.1 Å². The molecule has 1 fully saturated rings. The average Bonchev–Trinajstić information content (AvgIpc) is 2.21. The molecule has 92 valence electrons. The minimum Gasteiger partial charge on any atom is -0.389 e. The summed E-state index contributed by atoms with van der Waals surface area (Å²) in [4.78, 5) is 0.448. The molecule has 1 aromatic carbocycles. The molecule has 0 amide bonds. The minimum atomic E-state index is 0.448. The normalized spacial score (nSPS) is 15.4. The summed E-state index contributed by atoms with van der Waals surface area (Å²) in [5.74, 6) is 0.919. The first-order valence-electron chi connectivity index (χ1n) is 6.00. The first-order valence-corrected chi connectivity index (χ1v) is 7.20. The van der Waals surface area contributed by atoms with Gasteiger partial charge in [-0.15, -0.1) is 0 Å². The lowest BCUT2D eigenvalue weighted by molar-refractivity contribution is 0.303. The van der Waals surface area contributed by atoms with Gasteiger partial charge in [0.05, 0.1) is 0 Å². The number of rotatable bonds is 5. The molecule has 3 N–H and O–H groups in total. The van der Waals surface area contributed by atoms with E-state index in [1.54, 1.807) is 0 Å². The fourth-order valence-corrected chi connectivity index (χ4v) is 2.61. The van der Waals surface area contributed by atoms with E-state index in [9.17, 15) is 0 Å². The van der Waals surface area contributed by atoms with E-state index in [0.717, 1.165) is 28.2 Å². The van der Waals surface area contributed by atoms with Crippen molar-refractivity contribution in [3.63, 3.8) is 0 Å². The van der Waals surface area contributed by atoms with Gasteiger partial charge >= 0.3 is 0 Å². The van der Waals surface area contributed by atoms with Crippen molar-refractivity contribution < 1.29 is 0 Å². The van der Waals surface area contributed by atoms with Gasteiger partial charge in [-0.05, 0) is 30.5 Å². The van der Waals surface area contributed by atoms with Crippen LogP contribution in [0.5, 0.6) is 0 Å².